The first-order valence-corrected chi connectivity index (χ1v) is 17.0. The number of aromatic amines is 1. The molecule has 6 rings (SSSR count). The summed E-state index contributed by atoms with van der Waals surface area (Å²) in [7, 11) is -4.16. The number of piperazine rings is 1. The van der Waals surface area contributed by atoms with Gasteiger partial charge in [0.1, 0.15) is 22.7 Å². The van der Waals surface area contributed by atoms with Gasteiger partial charge in [-0.2, -0.15) is 4.31 Å². The topological polar surface area (TPSA) is 132 Å². The van der Waals surface area contributed by atoms with Gasteiger partial charge in [0.15, 0.2) is 0 Å². The number of hydrogen-bond acceptors (Lipinski definition) is 6. The van der Waals surface area contributed by atoms with Gasteiger partial charge >= 0.3 is 0 Å². The van der Waals surface area contributed by atoms with Crippen LogP contribution in [-0.2, 0) is 24.3 Å². The number of fused-ring (bicyclic) bond motifs is 3. The van der Waals surface area contributed by atoms with Gasteiger partial charge in [0, 0.05) is 35.6 Å². The number of carbonyl (C=O) groups excluding carboxylic acids is 3. The number of para-hydroxylation sites is 1. The van der Waals surface area contributed by atoms with Crippen LogP contribution in [0.1, 0.15) is 37.7 Å². The van der Waals surface area contributed by atoms with Crippen LogP contribution in [0.25, 0.3) is 10.9 Å². The fraction of sp³-hybridized carbons (Fsp3) is 0.452. The quantitative estimate of drug-likeness (QED) is 0.411. The van der Waals surface area contributed by atoms with Gasteiger partial charge in [-0.1, -0.05) is 62.2 Å². The van der Waals surface area contributed by atoms with Crippen LogP contribution < -0.4 is 5.32 Å². The van der Waals surface area contributed by atoms with Crippen LogP contribution in [0.2, 0.25) is 10.0 Å². The number of amides is 3. The number of H-pyrrole nitrogens is 1. The van der Waals surface area contributed by atoms with Gasteiger partial charge in [-0.15, -0.1) is 0 Å². The summed E-state index contributed by atoms with van der Waals surface area (Å²) in [6, 6.07) is 11.0. The summed E-state index contributed by atoms with van der Waals surface area (Å²) in [6.45, 7) is 6.25. The van der Waals surface area contributed by atoms with Crippen molar-refractivity contribution < 1.29 is 27.5 Å². The van der Waals surface area contributed by atoms with E-state index in [1.165, 1.54) is 18.2 Å². The second-order valence-electron chi connectivity index (χ2n) is 12.8. The molecule has 0 unspecified atom stereocenters. The minimum atomic E-state index is -4.16. The minimum Gasteiger partial charge on any atom is -0.378 e. The zero-order valence-electron chi connectivity index (χ0n) is 25.1. The Bertz CT molecular complexity index is 1740. The summed E-state index contributed by atoms with van der Waals surface area (Å²) in [4.78, 5) is 47.5. The van der Waals surface area contributed by atoms with E-state index in [2.05, 4.69) is 10.3 Å². The molecule has 2 aromatic carbocycles. The fourth-order valence-corrected chi connectivity index (χ4v) is 8.78. The molecular formula is C31H35Cl2N5O6S. The van der Waals surface area contributed by atoms with Crippen molar-refractivity contribution >= 4 is 61.8 Å². The average Bonchev–Trinajstić information content (AvgIpc) is 3.74. The highest BCUT2D eigenvalue weighted by Crippen LogP contribution is 2.36. The van der Waals surface area contributed by atoms with E-state index in [0.717, 1.165) is 15.2 Å². The molecule has 0 radical (unpaired) electrons. The lowest BCUT2D eigenvalue weighted by atomic mass is 9.85. The molecule has 3 amide bonds. The number of carbonyl (C=O) groups is 3. The van der Waals surface area contributed by atoms with Crippen molar-refractivity contribution in [3.8, 4) is 0 Å². The highest BCUT2D eigenvalue weighted by molar-refractivity contribution is 7.89. The van der Waals surface area contributed by atoms with Gasteiger partial charge in [-0.05, 0) is 42.2 Å². The second kappa shape index (κ2) is 11.9. The average molecular weight is 677 g/mol. The van der Waals surface area contributed by atoms with Crippen molar-refractivity contribution in [1.82, 2.24) is 24.4 Å². The first-order valence-electron chi connectivity index (χ1n) is 14.8. The number of rotatable bonds is 6. The number of aromatic nitrogens is 1. The molecule has 4 atom stereocenters. The number of morpholine rings is 1. The Balaban J connectivity index is 1.16. The third-order valence-corrected chi connectivity index (χ3v) is 11.4. The normalized spacial score (nSPS) is 23.0. The van der Waals surface area contributed by atoms with Crippen molar-refractivity contribution in [2.24, 2.45) is 5.41 Å². The van der Waals surface area contributed by atoms with Crippen LogP contribution in [-0.4, -0.2) is 102 Å². The van der Waals surface area contributed by atoms with Crippen molar-refractivity contribution in [3.05, 3.63) is 64.3 Å². The van der Waals surface area contributed by atoms with E-state index in [9.17, 15) is 22.8 Å². The predicted molar refractivity (Wildman–Crippen MR) is 170 cm³/mol. The Morgan fingerprint density at radius 3 is 2.42 bits per heavy atom. The van der Waals surface area contributed by atoms with Gasteiger partial charge in [0.2, 0.25) is 21.8 Å². The molecule has 2 bridgehead atoms. The summed E-state index contributed by atoms with van der Waals surface area (Å²) < 4.78 is 34.0. The van der Waals surface area contributed by atoms with E-state index in [-0.39, 0.29) is 77.6 Å². The van der Waals surface area contributed by atoms with Crippen molar-refractivity contribution in [3.63, 3.8) is 0 Å². The predicted octanol–water partition coefficient (Wildman–Crippen LogP) is 3.52. The maximum atomic E-state index is 14.0. The molecule has 0 aliphatic carbocycles. The molecule has 14 heteroatoms. The second-order valence-corrected chi connectivity index (χ2v) is 15.6. The molecule has 0 saturated carbocycles. The highest BCUT2D eigenvalue weighted by atomic mass is 35.5. The summed E-state index contributed by atoms with van der Waals surface area (Å²) in [5.41, 5.74) is 0.603. The maximum absolute atomic E-state index is 14.0. The molecule has 3 aromatic rings. The number of ether oxygens (including phenoxy) is 1. The van der Waals surface area contributed by atoms with Gasteiger partial charge < -0.3 is 24.8 Å². The Hall–Kier alpha value is -3.16. The van der Waals surface area contributed by atoms with E-state index in [1.54, 1.807) is 15.9 Å². The molecule has 240 valence electrons. The molecule has 3 saturated heterocycles. The zero-order chi connectivity index (χ0) is 32.3. The Morgan fingerprint density at radius 1 is 1.02 bits per heavy atom. The SMILES string of the molecule is CC(C)(C)[C@H](NC(=O)c1cc2ccccc2[nH]1)C(=O)N1C[C@@H]2C[C@H]1CN2C(=O)[C@@H]1COCCN1S(=O)(=O)c1cc(Cl)ccc1Cl. The first-order chi connectivity index (χ1) is 21.3. The van der Waals surface area contributed by atoms with Gasteiger partial charge in [-0.3, -0.25) is 14.4 Å². The summed E-state index contributed by atoms with van der Waals surface area (Å²) in [6.07, 6.45) is 0.560. The summed E-state index contributed by atoms with van der Waals surface area (Å²) in [5, 5.41) is 4.07. The van der Waals surface area contributed by atoms with Crippen molar-refractivity contribution in [1.29, 1.82) is 0 Å². The lowest BCUT2D eigenvalue weighted by Gasteiger charge is -2.41. The monoisotopic (exact) mass is 675 g/mol. The lowest BCUT2D eigenvalue weighted by Crippen LogP contribution is -2.62. The highest BCUT2D eigenvalue weighted by Gasteiger charge is 2.52. The minimum absolute atomic E-state index is 0.0107. The molecule has 11 nitrogen and oxygen atoms in total. The van der Waals surface area contributed by atoms with E-state index >= 15 is 0 Å². The summed E-state index contributed by atoms with van der Waals surface area (Å²) in [5.74, 6) is -0.970. The van der Waals surface area contributed by atoms with Crippen molar-refractivity contribution in [2.45, 2.75) is 56.3 Å². The third kappa shape index (κ3) is 5.94. The molecule has 0 spiro atoms. The molecule has 3 fully saturated rings. The fourth-order valence-electron chi connectivity index (χ4n) is 6.49. The molecular weight excluding hydrogens is 641 g/mol. The molecule has 4 heterocycles. The van der Waals surface area contributed by atoms with Crippen LogP contribution in [0, 0.1) is 5.41 Å². The lowest BCUT2D eigenvalue weighted by molar-refractivity contribution is -0.146. The van der Waals surface area contributed by atoms with Crippen LogP contribution in [0.3, 0.4) is 0 Å². The van der Waals surface area contributed by atoms with E-state index in [1.807, 2.05) is 45.0 Å². The van der Waals surface area contributed by atoms with E-state index < -0.39 is 27.5 Å². The Morgan fingerprint density at radius 2 is 1.73 bits per heavy atom. The molecule has 3 aliphatic heterocycles. The van der Waals surface area contributed by atoms with Crippen LogP contribution in [0.5, 0.6) is 0 Å². The number of sulfonamides is 1. The number of nitrogens with one attached hydrogen (secondary N) is 2. The third-order valence-electron chi connectivity index (χ3n) is 8.81. The van der Waals surface area contributed by atoms with Crippen LogP contribution >= 0.6 is 23.2 Å². The van der Waals surface area contributed by atoms with Gasteiger partial charge in [0.25, 0.3) is 5.91 Å². The number of hydrogen-bond donors (Lipinski definition) is 2. The van der Waals surface area contributed by atoms with E-state index in [0.29, 0.717) is 12.1 Å². The van der Waals surface area contributed by atoms with Crippen LogP contribution in [0.15, 0.2) is 53.4 Å². The Kier molecular flexibility index (Phi) is 8.40. The van der Waals surface area contributed by atoms with Crippen LogP contribution in [0.4, 0.5) is 0 Å². The molecule has 3 aliphatic rings. The number of likely N-dealkylation sites (tertiary alicyclic amines) is 2. The molecule has 2 N–H and O–H groups in total. The Labute approximate surface area is 271 Å². The number of halogens is 2. The smallest absolute Gasteiger partial charge is 0.268 e. The van der Waals surface area contributed by atoms with Gasteiger partial charge in [-0.25, -0.2) is 8.42 Å². The first kappa shape index (κ1) is 31.8. The zero-order valence-corrected chi connectivity index (χ0v) is 27.5. The molecule has 45 heavy (non-hydrogen) atoms. The van der Waals surface area contributed by atoms with Crippen molar-refractivity contribution in [2.75, 3.05) is 32.8 Å². The van der Waals surface area contributed by atoms with E-state index in [4.69, 9.17) is 27.9 Å². The van der Waals surface area contributed by atoms with Gasteiger partial charge in [0.05, 0.1) is 30.3 Å². The largest absolute Gasteiger partial charge is 0.378 e. The molecule has 1 aromatic heterocycles. The maximum Gasteiger partial charge on any atom is 0.268 e. The summed E-state index contributed by atoms with van der Waals surface area (Å²) >= 11 is 12.3. The standard InChI is InChI=1S/C31H35Cl2N5O6S/c1-31(2,3)27(35-28(39)24-12-18-6-4-5-7-23(18)34-24)30(41)37-16-20-14-21(37)15-36(20)29(40)25-17-44-11-10-38(25)45(42,43)26-13-19(32)8-9-22(26)33/h4-9,12-13,20-21,25,27,34H,10-11,14-17H2,1-3H3,(H,35,39)/t20-,21-,25-,27+/m0/s1. The number of nitrogens with zero attached hydrogens (tertiary/aromatic N) is 3. The number of benzene rings is 2.